The topological polar surface area (TPSA) is 114 Å². The predicted molar refractivity (Wildman–Crippen MR) is 87.6 cm³/mol. The highest BCUT2D eigenvalue weighted by Gasteiger charge is 2.18. The van der Waals surface area contributed by atoms with Crippen LogP contribution >= 0.6 is 0 Å². The molecule has 0 unspecified atom stereocenters. The average Bonchev–Trinajstić information content (AvgIpc) is 2.55. The molecule has 0 atom stereocenters. The van der Waals surface area contributed by atoms with Gasteiger partial charge in [-0.05, 0) is 19.9 Å². The Morgan fingerprint density at radius 1 is 1.28 bits per heavy atom. The zero-order valence-corrected chi connectivity index (χ0v) is 14.1. The van der Waals surface area contributed by atoms with Crippen molar-refractivity contribution >= 4 is 17.8 Å². The second-order valence-corrected chi connectivity index (χ2v) is 4.96. The monoisotopic (exact) mass is 356 g/mol. The number of amides is 3. The molecule has 0 heterocycles. The fourth-order valence-electron chi connectivity index (χ4n) is 1.96. The maximum Gasteiger partial charge on any atom is 0.407 e. The lowest BCUT2D eigenvalue weighted by Gasteiger charge is -2.23. The third-order valence-electron chi connectivity index (χ3n) is 3.13. The Balaban J connectivity index is 2.83. The molecule has 3 amide bonds. The van der Waals surface area contributed by atoms with Gasteiger partial charge in [-0.25, -0.2) is 14.0 Å². The molecule has 2 N–H and O–H groups in total. The van der Waals surface area contributed by atoms with Gasteiger partial charge in [0.25, 0.3) is 5.69 Å². The highest BCUT2D eigenvalue weighted by Crippen LogP contribution is 2.18. The molecule has 0 aromatic heterocycles. The van der Waals surface area contributed by atoms with Crippen molar-refractivity contribution in [2.24, 2.45) is 0 Å². The average molecular weight is 356 g/mol. The van der Waals surface area contributed by atoms with E-state index in [4.69, 9.17) is 4.74 Å². The Hall–Kier alpha value is -2.91. The van der Waals surface area contributed by atoms with Crippen molar-refractivity contribution in [3.05, 3.63) is 39.7 Å². The highest BCUT2D eigenvalue weighted by atomic mass is 19.1. The molecule has 0 saturated heterocycles. The van der Waals surface area contributed by atoms with Gasteiger partial charge in [-0.3, -0.25) is 10.1 Å². The lowest BCUT2D eigenvalue weighted by molar-refractivity contribution is -0.385. The van der Waals surface area contributed by atoms with Crippen molar-refractivity contribution in [2.45, 2.75) is 20.4 Å². The number of hydrogen-bond acceptors (Lipinski definition) is 5. The van der Waals surface area contributed by atoms with E-state index in [1.165, 1.54) is 4.90 Å². The van der Waals surface area contributed by atoms with Crippen LogP contribution in [0.25, 0.3) is 0 Å². The van der Waals surface area contributed by atoms with Crippen LogP contribution in [0.1, 0.15) is 19.4 Å². The molecular weight excluding hydrogens is 335 g/mol. The molecule has 1 aromatic carbocycles. The maximum atomic E-state index is 13.9. The van der Waals surface area contributed by atoms with E-state index in [0.717, 1.165) is 18.2 Å². The van der Waals surface area contributed by atoms with Gasteiger partial charge in [0.1, 0.15) is 12.4 Å². The summed E-state index contributed by atoms with van der Waals surface area (Å²) in [5.74, 6) is -0.662. The van der Waals surface area contributed by atoms with Crippen LogP contribution in [0.4, 0.5) is 19.7 Å². The zero-order valence-electron chi connectivity index (χ0n) is 14.1. The summed E-state index contributed by atoms with van der Waals surface area (Å²) in [6.07, 6.45) is -0.625. The van der Waals surface area contributed by atoms with E-state index in [1.54, 1.807) is 13.8 Å². The summed E-state index contributed by atoms with van der Waals surface area (Å²) in [5.41, 5.74) is -0.274. The smallest absolute Gasteiger partial charge is 0.407 e. The van der Waals surface area contributed by atoms with Crippen LogP contribution in [-0.4, -0.2) is 48.2 Å². The number of carbonyl (C=O) groups is 2. The van der Waals surface area contributed by atoms with E-state index in [-0.39, 0.29) is 30.9 Å². The molecule has 0 aliphatic carbocycles. The molecule has 0 saturated carbocycles. The maximum absolute atomic E-state index is 13.9. The van der Waals surface area contributed by atoms with E-state index < -0.39 is 22.9 Å². The fourth-order valence-corrected chi connectivity index (χ4v) is 1.96. The molecular formula is C15H21FN4O5. The van der Waals surface area contributed by atoms with Crippen LogP contribution in [0.3, 0.4) is 0 Å². The summed E-state index contributed by atoms with van der Waals surface area (Å²) in [4.78, 5) is 34.7. The molecule has 25 heavy (non-hydrogen) atoms. The summed E-state index contributed by atoms with van der Waals surface area (Å²) >= 11 is 0. The molecule has 1 aromatic rings. The van der Waals surface area contributed by atoms with Gasteiger partial charge in [0, 0.05) is 30.8 Å². The molecule has 0 bridgehead atoms. The quantitative estimate of drug-likeness (QED) is 0.546. The van der Waals surface area contributed by atoms with Gasteiger partial charge in [-0.15, -0.1) is 0 Å². The molecule has 0 aliphatic rings. The molecule has 9 nitrogen and oxygen atoms in total. The van der Waals surface area contributed by atoms with Gasteiger partial charge in [-0.1, -0.05) is 0 Å². The van der Waals surface area contributed by atoms with E-state index in [0.29, 0.717) is 13.1 Å². The molecule has 0 spiro atoms. The fraction of sp³-hybridized carbons (Fsp3) is 0.467. The van der Waals surface area contributed by atoms with Gasteiger partial charge in [0.15, 0.2) is 0 Å². The molecule has 0 radical (unpaired) electrons. The summed E-state index contributed by atoms with van der Waals surface area (Å²) in [5, 5.41) is 15.8. The Morgan fingerprint density at radius 3 is 2.56 bits per heavy atom. The van der Waals surface area contributed by atoms with Crippen LogP contribution in [0.5, 0.6) is 0 Å². The lowest BCUT2D eigenvalue weighted by Crippen LogP contribution is -2.42. The van der Waals surface area contributed by atoms with Gasteiger partial charge in [0.05, 0.1) is 18.0 Å². The van der Waals surface area contributed by atoms with E-state index in [2.05, 4.69) is 10.6 Å². The third-order valence-corrected chi connectivity index (χ3v) is 3.13. The number of ether oxygens (including phenoxy) is 1. The van der Waals surface area contributed by atoms with Gasteiger partial charge in [-0.2, -0.15) is 0 Å². The largest absolute Gasteiger partial charge is 0.448 e. The van der Waals surface area contributed by atoms with Crippen molar-refractivity contribution in [1.29, 1.82) is 0 Å². The third kappa shape index (κ3) is 6.61. The summed E-state index contributed by atoms with van der Waals surface area (Å²) in [7, 11) is 0. The predicted octanol–water partition coefficient (Wildman–Crippen LogP) is 2.01. The van der Waals surface area contributed by atoms with E-state index >= 15 is 0 Å². The Kier molecular flexibility index (Phi) is 8.10. The van der Waals surface area contributed by atoms with Crippen molar-refractivity contribution < 1.29 is 23.6 Å². The molecule has 138 valence electrons. The number of benzene rings is 1. The summed E-state index contributed by atoms with van der Waals surface area (Å²) in [6, 6.07) is 2.61. The van der Waals surface area contributed by atoms with Gasteiger partial charge >= 0.3 is 12.1 Å². The second-order valence-electron chi connectivity index (χ2n) is 4.96. The number of nitro groups is 1. The lowest BCUT2D eigenvalue weighted by atomic mass is 10.1. The number of rotatable bonds is 8. The number of nitrogens with one attached hydrogen (secondary N) is 2. The minimum atomic E-state index is -0.662. The first kappa shape index (κ1) is 20.1. The number of halogens is 1. The van der Waals surface area contributed by atoms with Crippen molar-refractivity contribution in [3.63, 3.8) is 0 Å². The normalized spacial score (nSPS) is 10.0. The Morgan fingerprint density at radius 2 is 1.96 bits per heavy atom. The first-order chi connectivity index (χ1) is 11.9. The van der Waals surface area contributed by atoms with Gasteiger partial charge < -0.3 is 20.3 Å². The number of urea groups is 1. The molecule has 0 aliphatic heterocycles. The number of alkyl carbamates (subject to hydrolysis) is 1. The van der Waals surface area contributed by atoms with Crippen molar-refractivity contribution in [2.75, 3.05) is 26.2 Å². The molecule has 1 rings (SSSR count). The summed E-state index contributed by atoms with van der Waals surface area (Å²) < 4.78 is 18.8. The number of carbonyl (C=O) groups excluding carboxylic acids is 2. The van der Waals surface area contributed by atoms with Crippen LogP contribution in [-0.2, 0) is 11.3 Å². The molecule has 10 heteroatoms. The van der Waals surface area contributed by atoms with E-state index in [1.807, 2.05) is 0 Å². The Labute approximate surface area is 144 Å². The van der Waals surface area contributed by atoms with E-state index in [9.17, 15) is 24.1 Å². The highest BCUT2D eigenvalue weighted by molar-refractivity contribution is 5.74. The van der Waals surface area contributed by atoms with Crippen LogP contribution < -0.4 is 10.6 Å². The molecule has 0 fully saturated rings. The van der Waals surface area contributed by atoms with Crippen molar-refractivity contribution in [1.82, 2.24) is 15.5 Å². The number of non-ortho nitro benzene ring substituents is 1. The number of nitrogens with zero attached hydrogens (tertiary/aromatic N) is 2. The minimum Gasteiger partial charge on any atom is -0.448 e. The first-order valence-electron chi connectivity index (χ1n) is 7.75. The number of nitro benzene ring substituents is 1. The van der Waals surface area contributed by atoms with Gasteiger partial charge in [0.2, 0.25) is 0 Å². The number of hydrogen-bond donors (Lipinski definition) is 2. The first-order valence-corrected chi connectivity index (χ1v) is 7.75. The standard InChI is InChI=1S/C15H21FN4O5/c1-3-17-14(21)19(7-8-25-15(22)18-4-2)10-11-9-12(20(23)24)5-6-13(11)16/h5-6,9H,3-4,7-8,10H2,1-2H3,(H,17,21)(H,18,22). The van der Waals surface area contributed by atoms with Crippen LogP contribution in [0.15, 0.2) is 18.2 Å². The zero-order chi connectivity index (χ0) is 18.8. The van der Waals surface area contributed by atoms with Crippen LogP contribution in [0.2, 0.25) is 0 Å². The minimum absolute atomic E-state index is 0.00142. The summed E-state index contributed by atoms with van der Waals surface area (Å²) in [6.45, 7) is 3.91. The van der Waals surface area contributed by atoms with Crippen LogP contribution in [0, 0.1) is 15.9 Å². The second kappa shape index (κ2) is 10.1. The SMILES string of the molecule is CCNC(=O)OCCN(Cc1cc([N+](=O)[O-])ccc1F)C(=O)NCC. The van der Waals surface area contributed by atoms with Crippen molar-refractivity contribution in [3.8, 4) is 0 Å². The Bertz CT molecular complexity index is 626.